The minimum absolute atomic E-state index is 0.0216. The van der Waals surface area contributed by atoms with E-state index in [1.807, 2.05) is 12.3 Å². The van der Waals surface area contributed by atoms with Crippen LogP contribution in [0.15, 0.2) is 42.7 Å². The summed E-state index contributed by atoms with van der Waals surface area (Å²) >= 11 is 0. The Hall–Kier alpha value is -2.47. The van der Waals surface area contributed by atoms with E-state index in [9.17, 15) is 8.78 Å². The molecule has 1 fully saturated rings. The van der Waals surface area contributed by atoms with Crippen molar-refractivity contribution in [3.63, 3.8) is 0 Å². The summed E-state index contributed by atoms with van der Waals surface area (Å²) < 4.78 is 32.0. The third-order valence-corrected chi connectivity index (χ3v) is 5.78. The molecule has 1 N–H and O–H groups in total. The number of hydrogen-bond acceptors (Lipinski definition) is 3. The lowest BCUT2D eigenvalue weighted by Gasteiger charge is -2.37. The number of halogens is 2. The molecule has 0 amide bonds. The molecule has 2 aromatic heterocycles. The first-order chi connectivity index (χ1) is 13.5. The molecule has 148 valence electrons. The van der Waals surface area contributed by atoms with Crippen molar-refractivity contribution in [1.82, 2.24) is 14.9 Å². The second kappa shape index (κ2) is 7.51. The monoisotopic (exact) mass is 385 g/mol. The zero-order valence-corrected chi connectivity index (χ0v) is 16.2. The van der Waals surface area contributed by atoms with Gasteiger partial charge in [0.15, 0.2) is 0 Å². The fourth-order valence-corrected chi connectivity index (χ4v) is 3.74. The Kier molecular flexibility index (Phi) is 5.06. The molecule has 28 heavy (non-hydrogen) atoms. The number of fused-ring (bicyclic) bond motifs is 1. The highest BCUT2D eigenvalue weighted by Gasteiger charge is 2.30. The van der Waals surface area contributed by atoms with Crippen molar-refractivity contribution in [1.29, 1.82) is 0 Å². The summed E-state index contributed by atoms with van der Waals surface area (Å²) in [6, 6.07) is 8.26. The Bertz CT molecular complexity index is 944. The van der Waals surface area contributed by atoms with Gasteiger partial charge < -0.3 is 14.6 Å². The average molecular weight is 385 g/mol. The van der Waals surface area contributed by atoms with Crippen molar-refractivity contribution >= 4 is 11.0 Å². The number of ether oxygens (including phenoxy) is 1. The number of piperidine rings is 1. The highest BCUT2D eigenvalue weighted by molar-refractivity contribution is 5.98. The molecule has 4 rings (SSSR count). The highest BCUT2D eigenvalue weighted by atomic mass is 19.3. The van der Waals surface area contributed by atoms with Crippen LogP contribution in [0.2, 0.25) is 0 Å². The fraction of sp³-hybridized carbons (Fsp3) is 0.409. The van der Waals surface area contributed by atoms with Gasteiger partial charge in [-0.15, -0.1) is 0 Å². The summed E-state index contributed by atoms with van der Waals surface area (Å²) in [6.07, 6.45) is 3.33. The number of likely N-dealkylation sites (tertiary alicyclic amines) is 1. The molecule has 1 aromatic carbocycles. The van der Waals surface area contributed by atoms with Gasteiger partial charge in [0.2, 0.25) is 0 Å². The SMILES string of the molecule is CN1CCC(C)(COc2ccnc3[nH]cc(-c4ccc(C(F)F)cc4)c23)CC1. The maximum absolute atomic E-state index is 12.9. The van der Waals surface area contributed by atoms with E-state index < -0.39 is 6.43 Å². The highest BCUT2D eigenvalue weighted by Crippen LogP contribution is 2.37. The van der Waals surface area contributed by atoms with Crippen molar-refractivity contribution in [2.75, 3.05) is 26.7 Å². The fourth-order valence-electron chi connectivity index (χ4n) is 3.74. The third kappa shape index (κ3) is 3.74. The predicted molar refractivity (Wildman–Crippen MR) is 107 cm³/mol. The lowest BCUT2D eigenvalue weighted by molar-refractivity contribution is 0.0811. The van der Waals surface area contributed by atoms with Crippen LogP contribution in [0.1, 0.15) is 31.8 Å². The van der Waals surface area contributed by atoms with Gasteiger partial charge in [-0.1, -0.05) is 31.2 Å². The summed E-state index contributed by atoms with van der Waals surface area (Å²) in [5.74, 6) is 0.777. The van der Waals surface area contributed by atoms with E-state index in [1.165, 1.54) is 12.1 Å². The van der Waals surface area contributed by atoms with Crippen LogP contribution in [0.4, 0.5) is 8.78 Å². The first-order valence-electron chi connectivity index (χ1n) is 9.61. The zero-order valence-electron chi connectivity index (χ0n) is 16.2. The van der Waals surface area contributed by atoms with Crippen molar-refractivity contribution in [2.45, 2.75) is 26.2 Å². The van der Waals surface area contributed by atoms with Gasteiger partial charge in [-0.25, -0.2) is 13.8 Å². The van der Waals surface area contributed by atoms with E-state index in [0.717, 1.165) is 53.8 Å². The molecule has 0 bridgehead atoms. The van der Waals surface area contributed by atoms with Gasteiger partial charge in [0.05, 0.1) is 12.0 Å². The molecule has 0 radical (unpaired) electrons. The van der Waals surface area contributed by atoms with E-state index in [2.05, 4.69) is 28.8 Å². The van der Waals surface area contributed by atoms with Gasteiger partial charge in [-0.05, 0) is 44.6 Å². The summed E-state index contributed by atoms with van der Waals surface area (Å²) in [5, 5.41) is 0.892. The van der Waals surface area contributed by atoms with Crippen LogP contribution >= 0.6 is 0 Å². The number of benzene rings is 1. The van der Waals surface area contributed by atoms with Gasteiger partial charge in [0, 0.05) is 28.9 Å². The molecule has 0 unspecified atom stereocenters. The van der Waals surface area contributed by atoms with E-state index in [-0.39, 0.29) is 11.0 Å². The number of nitrogens with zero attached hydrogens (tertiary/aromatic N) is 2. The van der Waals surface area contributed by atoms with Crippen LogP contribution in [0.25, 0.3) is 22.2 Å². The summed E-state index contributed by atoms with van der Waals surface area (Å²) in [5.41, 5.74) is 2.68. The molecular weight excluding hydrogens is 360 g/mol. The first kappa shape index (κ1) is 18.9. The van der Waals surface area contributed by atoms with Crippen LogP contribution in [0.3, 0.4) is 0 Å². The maximum atomic E-state index is 12.9. The Morgan fingerprint density at radius 3 is 2.57 bits per heavy atom. The molecule has 0 spiro atoms. The van der Waals surface area contributed by atoms with Crippen LogP contribution in [-0.2, 0) is 0 Å². The average Bonchev–Trinajstić information content (AvgIpc) is 3.14. The van der Waals surface area contributed by atoms with Gasteiger partial charge >= 0.3 is 0 Å². The van der Waals surface area contributed by atoms with Crippen molar-refractivity contribution in [3.8, 4) is 16.9 Å². The molecule has 1 aliphatic rings. The number of aromatic nitrogens is 2. The quantitative estimate of drug-likeness (QED) is 0.650. The molecule has 4 nitrogen and oxygen atoms in total. The normalized spacial score (nSPS) is 17.3. The summed E-state index contributed by atoms with van der Waals surface area (Å²) in [6.45, 7) is 5.09. The molecule has 0 atom stereocenters. The van der Waals surface area contributed by atoms with Crippen molar-refractivity contribution < 1.29 is 13.5 Å². The van der Waals surface area contributed by atoms with Gasteiger partial charge in [-0.2, -0.15) is 0 Å². The van der Waals surface area contributed by atoms with Gasteiger partial charge in [0.25, 0.3) is 6.43 Å². The van der Waals surface area contributed by atoms with E-state index >= 15 is 0 Å². The number of aromatic amines is 1. The number of nitrogens with one attached hydrogen (secondary N) is 1. The van der Waals surface area contributed by atoms with E-state index in [0.29, 0.717) is 6.61 Å². The number of H-pyrrole nitrogens is 1. The molecule has 1 aliphatic heterocycles. The lowest BCUT2D eigenvalue weighted by Crippen LogP contribution is -2.39. The topological polar surface area (TPSA) is 41.1 Å². The van der Waals surface area contributed by atoms with Crippen LogP contribution in [-0.4, -0.2) is 41.6 Å². The van der Waals surface area contributed by atoms with Crippen LogP contribution in [0, 0.1) is 5.41 Å². The Morgan fingerprint density at radius 2 is 1.89 bits per heavy atom. The number of pyridine rings is 1. The standard InChI is InChI=1S/C22H25F2N3O/c1-22(8-11-27(2)12-9-22)14-28-18-7-10-25-21-19(18)17(13-26-21)15-3-5-16(6-4-15)20(23)24/h3-7,10,13,20H,8-9,11-12,14H2,1-2H3,(H,25,26). The van der Waals surface area contributed by atoms with Gasteiger partial charge in [0.1, 0.15) is 11.4 Å². The lowest BCUT2D eigenvalue weighted by atomic mass is 9.81. The van der Waals surface area contributed by atoms with Crippen molar-refractivity contribution in [2.24, 2.45) is 5.41 Å². The Labute approximate surface area is 163 Å². The van der Waals surface area contributed by atoms with E-state index in [1.54, 1.807) is 18.3 Å². The number of hydrogen-bond donors (Lipinski definition) is 1. The minimum atomic E-state index is -2.46. The Balaban J connectivity index is 1.62. The molecule has 6 heteroatoms. The molecule has 0 aliphatic carbocycles. The van der Waals surface area contributed by atoms with Gasteiger partial charge in [-0.3, -0.25) is 0 Å². The second-order valence-electron chi connectivity index (χ2n) is 8.06. The Morgan fingerprint density at radius 1 is 1.18 bits per heavy atom. The van der Waals surface area contributed by atoms with Crippen LogP contribution in [0.5, 0.6) is 5.75 Å². The van der Waals surface area contributed by atoms with Crippen molar-refractivity contribution in [3.05, 3.63) is 48.3 Å². The predicted octanol–water partition coefficient (Wildman–Crippen LogP) is 5.28. The molecule has 3 aromatic rings. The van der Waals surface area contributed by atoms with E-state index in [4.69, 9.17) is 4.74 Å². The number of alkyl halides is 2. The molecule has 3 heterocycles. The molecular formula is C22H25F2N3O. The smallest absolute Gasteiger partial charge is 0.263 e. The second-order valence-corrected chi connectivity index (χ2v) is 8.06. The molecule has 1 saturated heterocycles. The summed E-state index contributed by atoms with van der Waals surface area (Å²) in [7, 11) is 2.15. The largest absolute Gasteiger partial charge is 0.492 e. The number of rotatable bonds is 5. The first-order valence-corrected chi connectivity index (χ1v) is 9.61. The molecule has 0 saturated carbocycles. The zero-order chi connectivity index (χ0) is 19.7. The maximum Gasteiger partial charge on any atom is 0.263 e. The van der Waals surface area contributed by atoms with Crippen LogP contribution < -0.4 is 4.74 Å². The third-order valence-electron chi connectivity index (χ3n) is 5.78. The summed E-state index contributed by atoms with van der Waals surface area (Å²) in [4.78, 5) is 9.91. The minimum Gasteiger partial charge on any atom is -0.492 e.